The van der Waals surface area contributed by atoms with Crippen LogP contribution in [0.1, 0.15) is 57.2 Å². The third kappa shape index (κ3) is 4.40. The highest BCUT2D eigenvalue weighted by atomic mass is 79.9. The molecule has 0 spiro atoms. The number of nitrogens with one attached hydrogen (secondary N) is 1. The smallest absolute Gasteiger partial charge is 0.0325 e. The molecule has 0 saturated carbocycles. The van der Waals surface area contributed by atoms with Crippen molar-refractivity contribution < 1.29 is 0 Å². The van der Waals surface area contributed by atoms with E-state index < -0.39 is 0 Å². The van der Waals surface area contributed by atoms with E-state index in [2.05, 4.69) is 67.1 Å². The van der Waals surface area contributed by atoms with Crippen molar-refractivity contribution in [1.29, 1.82) is 0 Å². The van der Waals surface area contributed by atoms with Crippen molar-refractivity contribution in [2.45, 2.75) is 53.0 Å². The second kappa shape index (κ2) is 7.96. The third-order valence-corrected chi connectivity index (χ3v) is 4.41. The molecule has 0 saturated heterocycles. The zero-order valence-corrected chi connectivity index (χ0v) is 13.7. The van der Waals surface area contributed by atoms with Crippen LogP contribution in [0.2, 0.25) is 0 Å². The Bertz CT molecular complexity index is 362. The van der Waals surface area contributed by atoms with Crippen LogP contribution in [0.5, 0.6) is 0 Å². The first-order valence-electron chi connectivity index (χ1n) is 7.08. The third-order valence-electron chi connectivity index (χ3n) is 3.56. The summed E-state index contributed by atoms with van der Waals surface area (Å²) < 4.78 is 1.21. The van der Waals surface area contributed by atoms with E-state index in [1.165, 1.54) is 34.9 Å². The number of benzene rings is 1. The van der Waals surface area contributed by atoms with Crippen molar-refractivity contribution in [1.82, 2.24) is 5.32 Å². The van der Waals surface area contributed by atoms with Crippen molar-refractivity contribution in [3.63, 3.8) is 0 Å². The molecule has 1 N–H and O–H groups in total. The first kappa shape index (κ1) is 15.7. The van der Waals surface area contributed by atoms with Gasteiger partial charge in [0.05, 0.1) is 0 Å². The van der Waals surface area contributed by atoms with E-state index in [1.54, 1.807) is 0 Å². The molecule has 18 heavy (non-hydrogen) atoms. The Morgan fingerprint density at radius 2 is 2.00 bits per heavy atom. The highest BCUT2D eigenvalue weighted by Gasteiger charge is 2.16. The first-order chi connectivity index (χ1) is 8.60. The molecule has 1 rings (SSSR count). The van der Waals surface area contributed by atoms with Crippen LogP contribution < -0.4 is 5.32 Å². The molecule has 2 atom stereocenters. The molecule has 1 aromatic carbocycles. The van der Waals surface area contributed by atoms with Gasteiger partial charge in [-0.25, -0.2) is 0 Å². The Hall–Kier alpha value is -0.340. The minimum Gasteiger partial charge on any atom is -0.310 e. The second-order valence-corrected chi connectivity index (χ2v) is 6.05. The SMILES string of the molecule is CCCC(C)CC(NCC)c1cccc(Br)c1C. The topological polar surface area (TPSA) is 12.0 Å². The highest BCUT2D eigenvalue weighted by molar-refractivity contribution is 9.10. The minimum atomic E-state index is 0.481. The molecule has 2 heteroatoms. The van der Waals surface area contributed by atoms with Gasteiger partial charge in [0.15, 0.2) is 0 Å². The van der Waals surface area contributed by atoms with E-state index in [0.29, 0.717) is 6.04 Å². The summed E-state index contributed by atoms with van der Waals surface area (Å²) >= 11 is 3.63. The fourth-order valence-corrected chi connectivity index (χ4v) is 2.96. The van der Waals surface area contributed by atoms with Gasteiger partial charge in [-0.15, -0.1) is 0 Å². The standard InChI is InChI=1S/C16H26BrN/c1-5-8-12(3)11-16(18-6-2)14-9-7-10-15(17)13(14)4/h7,9-10,12,16,18H,5-6,8,11H2,1-4H3. The van der Waals surface area contributed by atoms with Gasteiger partial charge in [0.2, 0.25) is 0 Å². The van der Waals surface area contributed by atoms with Crippen LogP contribution in [0.15, 0.2) is 22.7 Å². The Balaban J connectivity index is 2.86. The highest BCUT2D eigenvalue weighted by Crippen LogP contribution is 2.29. The number of halogens is 1. The molecule has 0 radical (unpaired) electrons. The summed E-state index contributed by atoms with van der Waals surface area (Å²) in [6.07, 6.45) is 3.81. The van der Waals surface area contributed by atoms with Crippen molar-refractivity contribution in [2.24, 2.45) is 5.92 Å². The average molecular weight is 312 g/mol. The lowest BCUT2D eigenvalue weighted by molar-refractivity contribution is 0.394. The lowest BCUT2D eigenvalue weighted by Gasteiger charge is -2.24. The Kier molecular flexibility index (Phi) is 6.95. The minimum absolute atomic E-state index is 0.481. The maximum atomic E-state index is 3.64. The second-order valence-electron chi connectivity index (χ2n) is 5.19. The van der Waals surface area contributed by atoms with Gasteiger partial charge in [0.1, 0.15) is 0 Å². The molecule has 0 aliphatic rings. The Morgan fingerprint density at radius 3 is 2.61 bits per heavy atom. The van der Waals surface area contributed by atoms with Gasteiger partial charge in [0.25, 0.3) is 0 Å². The Morgan fingerprint density at radius 1 is 1.28 bits per heavy atom. The molecule has 0 amide bonds. The Labute approximate surface area is 120 Å². The van der Waals surface area contributed by atoms with Crippen LogP contribution in [0.25, 0.3) is 0 Å². The number of hydrogen-bond acceptors (Lipinski definition) is 1. The van der Waals surface area contributed by atoms with Crippen molar-refractivity contribution >= 4 is 15.9 Å². The number of rotatable bonds is 7. The van der Waals surface area contributed by atoms with E-state index in [1.807, 2.05) is 0 Å². The summed E-state index contributed by atoms with van der Waals surface area (Å²) in [6.45, 7) is 10.0. The zero-order valence-electron chi connectivity index (χ0n) is 12.1. The molecule has 1 aromatic rings. The van der Waals surface area contributed by atoms with Crippen molar-refractivity contribution in [3.05, 3.63) is 33.8 Å². The lowest BCUT2D eigenvalue weighted by Crippen LogP contribution is -2.23. The normalized spacial score (nSPS) is 14.5. The molecular weight excluding hydrogens is 286 g/mol. The van der Waals surface area contributed by atoms with Gasteiger partial charge in [0, 0.05) is 10.5 Å². The van der Waals surface area contributed by atoms with Crippen LogP contribution in [-0.2, 0) is 0 Å². The van der Waals surface area contributed by atoms with Crippen LogP contribution >= 0.6 is 15.9 Å². The lowest BCUT2D eigenvalue weighted by atomic mass is 9.91. The van der Waals surface area contributed by atoms with Gasteiger partial charge < -0.3 is 5.32 Å². The summed E-state index contributed by atoms with van der Waals surface area (Å²) in [7, 11) is 0. The van der Waals surface area contributed by atoms with Crippen LogP contribution in [-0.4, -0.2) is 6.54 Å². The van der Waals surface area contributed by atoms with Crippen LogP contribution in [0.4, 0.5) is 0 Å². The summed E-state index contributed by atoms with van der Waals surface area (Å²) in [5.41, 5.74) is 2.81. The molecule has 0 aliphatic heterocycles. The summed E-state index contributed by atoms with van der Waals surface area (Å²) in [4.78, 5) is 0. The van der Waals surface area contributed by atoms with Gasteiger partial charge in [-0.05, 0) is 43.0 Å². The predicted molar refractivity (Wildman–Crippen MR) is 84.0 cm³/mol. The molecule has 0 fully saturated rings. The van der Waals surface area contributed by atoms with E-state index >= 15 is 0 Å². The molecular formula is C16H26BrN. The molecule has 0 aliphatic carbocycles. The van der Waals surface area contributed by atoms with Gasteiger partial charge in [-0.3, -0.25) is 0 Å². The molecule has 0 aromatic heterocycles. The predicted octanol–water partition coefficient (Wildman–Crippen LogP) is 5.23. The molecule has 2 unspecified atom stereocenters. The van der Waals surface area contributed by atoms with E-state index in [-0.39, 0.29) is 0 Å². The van der Waals surface area contributed by atoms with Gasteiger partial charge in [-0.2, -0.15) is 0 Å². The van der Waals surface area contributed by atoms with Crippen LogP contribution in [0.3, 0.4) is 0 Å². The monoisotopic (exact) mass is 311 g/mol. The summed E-state index contributed by atoms with van der Waals surface area (Å²) in [5, 5.41) is 3.64. The van der Waals surface area contributed by atoms with Crippen LogP contribution in [0, 0.1) is 12.8 Å². The molecule has 1 nitrogen and oxygen atoms in total. The number of hydrogen-bond donors (Lipinski definition) is 1. The van der Waals surface area contributed by atoms with Gasteiger partial charge >= 0.3 is 0 Å². The fraction of sp³-hybridized carbons (Fsp3) is 0.625. The molecule has 0 bridgehead atoms. The van der Waals surface area contributed by atoms with Crippen molar-refractivity contribution in [3.8, 4) is 0 Å². The summed E-state index contributed by atoms with van der Waals surface area (Å²) in [6, 6.07) is 7.00. The molecule has 0 heterocycles. The zero-order chi connectivity index (χ0) is 13.5. The fourth-order valence-electron chi connectivity index (χ4n) is 2.58. The average Bonchev–Trinajstić information content (AvgIpc) is 2.32. The van der Waals surface area contributed by atoms with E-state index in [0.717, 1.165) is 12.5 Å². The van der Waals surface area contributed by atoms with E-state index in [9.17, 15) is 0 Å². The van der Waals surface area contributed by atoms with Crippen molar-refractivity contribution in [2.75, 3.05) is 6.54 Å². The van der Waals surface area contributed by atoms with E-state index in [4.69, 9.17) is 0 Å². The molecule has 102 valence electrons. The largest absolute Gasteiger partial charge is 0.310 e. The van der Waals surface area contributed by atoms with Gasteiger partial charge in [-0.1, -0.05) is 61.7 Å². The summed E-state index contributed by atoms with van der Waals surface area (Å²) in [5.74, 6) is 0.775. The maximum absolute atomic E-state index is 3.64. The maximum Gasteiger partial charge on any atom is 0.0325 e. The first-order valence-corrected chi connectivity index (χ1v) is 7.87. The quantitative estimate of drug-likeness (QED) is 0.726.